The molecular formula is C12H23N3. The fraction of sp³-hybridized carbons (Fsp3) is 0.750. The molecule has 3 heteroatoms. The Bertz CT molecular complexity index is 255. The van der Waals surface area contributed by atoms with E-state index in [9.17, 15) is 0 Å². The summed E-state index contributed by atoms with van der Waals surface area (Å²) in [4.78, 5) is 4.14. The summed E-state index contributed by atoms with van der Waals surface area (Å²) < 4.78 is 2.18. The maximum Gasteiger partial charge on any atom is 0.0948 e. The highest BCUT2D eigenvalue weighted by atomic mass is 15.1. The largest absolute Gasteiger partial charge is 0.334 e. The molecule has 0 unspecified atom stereocenters. The average molecular weight is 209 g/mol. The van der Waals surface area contributed by atoms with Gasteiger partial charge in [0.2, 0.25) is 0 Å². The van der Waals surface area contributed by atoms with Crippen molar-refractivity contribution in [3.63, 3.8) is 0 Å². The van der Waals surface area contributed by atoms with Crippen molar-refractivity contribution in [1.29, 1.82) is 0 Å². The summed E-state index contributed by atoms with van der Waals surface area (Å²) in [6, 6.07) is 0. The van der Waals surface area contributed by atoms with Gasteiger partial charge in [-0.3, -0.25) is 0 Å². The quantitative estimate of drug-likeness (QED) is 0.667. The van der Waals surface area contributed by atoms with Crippen LogP contribution in [0, 0.1) is 0 Å². The van der Waals surface area contributed by atoms with E-state index in [1.807, 2.05) is 12.5 Å². The van der Waals surface area contributed by atoms with E-state index in [4.69, 9.17) is 0 Å². The third-order valence-electron chi connectivity index (χ3n) is 2.65. The molecular weight excluding hydrogens is 186 g/mol. The predicted molar refractivity (Wildman–Crippen MR) is 63.7 cm³/mol. The SMILES string of the molecule is CCCCCCNCc1cncn1CC. The molecule has 86 valence electrons. The number of hydrogen-bond donors (Lipinski definition) is 1. The first kappa shape index (κ1) is 12.2. The molecule has 0 aromatic carbocycles. The molecule has 0 radical (unpaired) electrons. The van der Waals surface area contributed by atoms with E-state index in [0.29, 0.717) is 0 Å². The monoisotopic (exact) mass is 209 g/mol. The summed E-state index contributed by atoms with van der Waals surface area (Å²) in [6.45, 7) is 7.46. The van der Waals surface area contributed by atoms with Crippen LogP contribution in [-0.2, 0) is 13.1 Å². The van der Waals surface area contributed by atoms with E-state index in [1.165, 1.54) is 31.4 Å². The second-order valence-electron chi connectivity index (χ2n) is 3.91. The molecule has 0 atom stereocenters. The average Bonchev–Trinajstić information content (AvgIpc) is 2.70. The fourth-order valence-corrected chi connectivity index (χ4v) is 1.67. The van der Waals surface area contributed by atoms with Crippen LogP contribution in [0.25, 0.3) is 0 Å². The second-order valence-corrected chi connectivity index (χ2v) is 3.91. The lowest BCUT2D eigenvalue weighted by molar-refractivity contribution is 0.578. The van der Waals surface area contributed by atoms with Crippen LogP contribution in [0.1, 0.15) is 45.2 Å². The number of nitrogens with zero attached hydrogens (tertiary/aromatic N) is 2. The second kappa shape index (κ2) is 7.46. The third kappa shape index (κ3) is 4.47. The fourth-order valence-electron chi connectivity index (χ4n) is 1.67. The van der Waals surface area contributed by atoms with Crippen molar-refractivity contribution in [3.05, 3.63) is 18.2 Å². The molecule has 0 fully saturated rings. The van der Waals surface area contributed by atoms with Gasteiger partial charge in [-0.25, -0.2) is 4.98 Å². The van der Waals surface area contributed by atoms with Gasteiger partial charge in [-0.15, -0.1) is 0 Å². The molecule has 15 heavy (non-hydrogen) atoms. The van der Waals surface area contributed by atoms with Crippen LogP contribution < -0.4 is 5.32 Å². The van der Waals surface area contributed by atoms with Gasteiger partial charge in [-0.05, 0) is 19.9 Å². The molecule has 1 aromatic rings. The first-order valence-electron chi connectivity index (χ1n) is 6.08. The zero-order valence-corrected chi connectivity index (χ0v) is 10.00. The van der Waals surface area contributed by atoms with Crippen molar-refractivity contribution in [2.45, 2.75) is 52.6 Å². The number of aryl methyl sites for hydroxylation is 1. The van der Waals surface area contributed by atoms with Gasteiger partial charge < -0.3 is 9.88 Å². The summed E-state index contributed by atoms with van der Waals surface area (Å²) >= 11 is 0. The van der Waals surface area contributed by atoms with Crippen LogP contribution in [-0.4, -0.2) is 16.1 Å². The topological polar surface area (TPSA) is 29.9 Å². The Balaban J connectivity index is 2.09. The molecule has 0 bridgehead atoms. The first-order valence-corrected chi connectivity index (χ1v) is 6.08. The van der Waals surface area contributed by atoms with Gasteiger partial charge in [-0.2, -0.15) is 0 Å². The first-order chi connectivity index (χ1) is 7.38. The number of imidazole rings is 1. The molecule has 1 aromatic heterocycles. The summed E-state index contributed by atoms with van der Waals surface area (Å²) in [5.41, 5.74) is 1.29. The minimum absolute atomic E-state index is 0.944. The zero-order valence-electron chi connectivity index (χ0n) is 10.00. The van der Waals surface area contributed by atoms with Gasteiger partial charge in [0.25, 0.3) is 0 Å². The van der Waals surface area contributed by atoms with Crippen LogP contribution in [0.15, 0.2) is 12.5 Å². The summed E-state index contributed by atoms with van der Waals surface area (Å²) in [7, 11) is 0. The number of unbranched alkanes of at least 4 members (excludes halogenated alkanes) is 3. The lowest BCUT2D eigenvalue weighted by Gasteiger charge is -2.06. The number of aromatic nitrogens is 2. The Labute approximate surface area is 92.9 Å². The summed E-state index contributed by atoms with van der Waals surface area (Å²) in [6.07, 6.45) is 9.14. The van der Waals surface area contributed by atoms with Gasteiger partial charge in [-0.1, -0.05) is 26.2 Å². The van der Waals surface area contributed by atoms with Gasteiger partial charge in [0.1, 0.15) is 0 Å². The van der Waals surface area contributed by atoms with Crippen LogP contribution in [0.5, 0.6) is 0 Å². The van der Waals surface area contributed by atoms with Crippen LogP contribution in [0.3, 0.4) is 0 Å². The van der Waals surface area contributed by atoms with Crippen LogP contribution in [0.2, 0.25) is 0 Å². The van der Waals surface area contributed by atoms with E-state index in [2.05, 4.69) is 28.7 Å². The molecule has 0 aliphatic rings. The number of nitrogens with one attached hydrogen (secondary N) is 1. The van der Waals surface area contributed by atoms with Crippen molar-refractivity contribution in [3.8, 4) is 0 Å². The molecule has 0 saturated heterocycles. The minimum atomic E-state index is 0.944. The van der Waals surface area contributed by atoms with Crippen molar-refractivity contribution in [2.24, 2.45) is 0 Å². The van der Waals surface area contributed by atoms with E-state index in [1.54, 1.807) is 0 Å². The Kier molecular flexibility index (Phi) is 6.09. The highest BCUT2D eigenvalue weighted by molar-refractivity contribution is 4.97. The molecule has 1 rings (SSSR count). The maximum absolute atomic E-state index is 4.14. The van der Waals surface area contributed by atoms with Crippen molar-refractivity contribution >= 4 is 0 Å². The lowest BCUT2D eigenvalue weighted by atomic mass is 10.2. The smallest absolute Gasteiger partial charge is 0.0948 e. The Hall–Kier alpha value is -0.830. The minimum Gasteiger partial charge on any atom is -0.334 e. The molecule has 0 aliphatic heterocycles. The summed E-state index contributed by atoms with van der Waals surface area (Å²) in [5, 5.41) is 3.46. The molecule has 1 heterocycles. The van der Waals surface area contributed by atoms with Gasteiger partial charge in [0.05, 0.1) is 12.0 Å². The Morgan fingerprint density at radius 3 is 2.87 bits per heavy atom. The molecule has 0 amide bonds. The maximum atomic E-state index is 4.14. The lowest BCUT2D eigenvalue weighted by Crippen LogP contribution is -2.17. The van der Waals surface area contributed by atoms with Gasteiger partial charge >= 0.3 is 0 Å². The third-order valence-corrected chi connectivity index (χ3v) is 2.65. The number of rotatable bonds is 8. The highest BCUT2D eigenvalue weighted by Gasteiger charge is 1.98. The highest BCUT2D eigenvalue weighted by Crippen LogP contribution is 2.00. The van der Waals surface area contributed by atoms with Gasteiger partial charge in [0, 0.05) is 19.3 Å². The van der Waals surface area contributed by atoms with E-state index < -0.39 is 0 Å². The molecule has 0 saturated carbocycles. The summed E-state index contributed by atoms with van der Waals surface area (Å²) in [5.74, 6) is 0. The van der Waals surface area contributed by atoms with E-state index in [0.717, 1.165) is 19.6 Å². The molecule has 3 nitrogen and oxygen atoms in total. The van der Waals surface area contributed by atoms with Crippen LogP contribution >= 0.6 is 0 Å². The van der Waals surface area contributed by atoms with Crippen molar-refractivity contribution < 1.29 is 0 Å². The van der Waals surface area contributed by atoms with Crippen molar-refractivity contribution in [1.82, 2.24) is 14.9 Å². The van der Waals surface area contributed by atoms with E-state index >= 15 is 0 Å². The standard InChI is InChI=1S/C12H23N3/c1-3-5-6-7-8-13-9-12-10-14-11-15(12)4-2/h10-11,13H,3-9H2,1-2H3. The molecule has 0 aliphatic carbocycles. The Morgan fingerprint density at radius 2 is 2.13 bits per heavy atom. The molecule has 1 N–H and O–H groups in total. The van der Waals surface area contributed by atoms with Crippen molar-refractivity contribution in [2.75, 3.05) is 6.54 Å². The Morgan fingerprint density at radius 1 is 1.27 bits per heavy atom. The predicted octanol–water partition coefficient (Wildman–Crippen LogP) is 2.57. The molecule has 0 spiro atoms. The van der Waals surface area contributed by atoms with Gasteiger partial charge in [0.15, 0.2) is 0 Å². The number of hydrogen-bond acceptors (Lipinski definition) is 2. The van der Waals surface area contributed by atoms with E-state index in [-0.39, 0.29) is 0 Å². The zero-order chi connectivity index (χ0) is 10.9. The van der Waals surface area contributed by atoms with Crippen LogP contribution in [0.4, 0.5) is 0 Å². The normalized spacial score (nSPS) is 10.8.